The van der Waals surface area contributed by atoms with Crippen molar-refractivity contribution in [3.63, 3.8) is 0 Å². The summed E-state index contributed by atoms with van der Waals surface area (Å²) >= 11 is 2.26. The highest BCUT2D eigenvalue weighted by Gasteiger charge is 2.09. The van der Waals surface area contributed by atoms with Crippen LogP contribution in [0.1, 0.15) is 17.5 Å². The molecule has 0 aliphatic heterocycles. The molecule has 2 rings (SSSR count). The van der Waals surface area contributed by atoms with Crippen molar-refractivity contribution >= 4 is 34.2 Å². The minimum absolute atomic E-state index is 0.0146. The Morgan fingerprint density at radius 3 is 2.57 bits per heavy atom. The zero-order chi connectivity index (χ0) is 16.8. The van der Waals surface area contributed by atoms with Gasteiger partial charge in [-0.25, -0.2) is 0 Å². The lowest BCUT2D eigenvalue weighted by Gasteiger charge is -2.11. The molecule has 0 saturated heterocycles. The van der Waals surface area contributed by atoms with Crippen LogP contribution < -0.4 is 14.8 Å². The molecule has 1 amide bonds. The molecular weight excluding hydrogens is 405 g/mol. The number of methoxy groups -OCH3 is 2. The van der Waals surface area contributed by atoms with E-state index in [0.29, 0.717) is 12.8 Å². The highest BCUT2D eigenvalue weighted by molar-refractivity contribution is 14.1. The molecule has 2 aromatic rings. The Kier molecular flexibility index (Phi) is 6.27. The maximum absolute atomic E-state index is 12.2. The first-order chi connectivity index (χ1) is 11.0. The van der Waals surface area contributed by atoms with Crippen LogP contribution >= 0.6 is 22.6 Å². The lowest BCUT2D eigenvalue weighted by atomic mass is 10.1. The third-order valence-corrected chi connectivity index (χ3v) is 4.24. The number of halogens is 1. The van der Waals surface area contributed by atoms with Gasteiger partial charge in [-0.15, -0.1) is 0 Å². The number of hydrogen-bond donors (Lipinski definition) is 1. The molecule has 0 heterocycles. The summed E-state index contributed by atoms with van der Waals surface area (Å²) in [6, 6.07) is 11.6. The van der Waals surface area contributed by atoms with Gasteiger partial charge < -0.3 is 14.8 Å². The first-order valence-corrected chi connectivity index (χ1v) is 8.38. The fourth-order valence-corrected chi connectivity index (χ4v) is 2.95. The summed E-state index contributed by atoms with van der Waals surface area (Å²) in [5.74, 6) is 1.51. The monoisotopic (exact) mass is 425 g/mol. The molecule has 0 aromatic heterocycles. The van der Waals surface area contributed by atoms with E-state index in [9.17, 15) is 4.79 Å². The minimum atomic E-state index is -0.0146. The van der Waals surface area contributed by atoms with Gasteiger partial charge in [0, 0.05) is 15.7 Å². The zero-order valence-corrected chi connectivity index (χ0v) is 15.6. The van der Waals surface area contributed by atoms with Gasteiger partial charge in [0.15, 0.2) is 0 Å². The Morgan fingerprint density at radius 1 is 1.13 bits per heavy atom. The molecule has 0 unspecified atom stereocenters. The SMILES string of the molecule is COc1ccc(OC)c(CCC(=O)Nc2ccc(I)cc2C)c1. The maximum Gasteiger partial charge on any atom is 0.224 e. The van der Waals surface area contributed by atoms with Crippen molar-refractivity contribution in [3.05, 3.63) is 51.1 Å². The van der Waals surface area contributed by atoms with Crippen LogP contribution in [0.15, 0.2) is 36.4 Å². The Hall–Kier alpha value is -1.76. The molecule has 0 radical (unpaired) electrons. The number of aryl methyl sites for hydroxylation is 2. The third kappa shape index (κ3) is 4.86. The van der Waals surface area contributed by atoms with Crippen molar-refractivity contribution in [2.45, 2.75) is 19.8 Å². The van der Waals surface area contributed by atoms with Gasteiger partial charge in [-0.1, -0.05) is 0 Å². The van der Waals surface area contributed by atoms with E-state index in [2.05, 4.69) is 27.9 Å². The Balaban J connectivity index is 2.01. The topological polar surface area (TPSA) is 47.6 Å². The molecular formula is C18H20INO3. The molecule has 2 aromatic carbocycles. The van der Waals surface area contributed by atoms with Crippen LogP contribution in [0.25, 0.3) is 0 Å². The van der Waals surface area contributed by atoms with Crippen LogP contribution in [-0.2, 0) is 11.2 Å². The number of amides is 1. The second-order valence-electron chi connectivity index (χ2n) is 5.19. The molecule has 122 valence electrons. The molecule has 0 saturated carbocycles. The second kappa shape index (κ2) is 8.19. The predicted molar refractivity (Wildman–Crippen MR) is 100 cm³/mol. The van der Waals surface area contributed by atoms with Crippen molar-refractivity contribution in [2.24, 2.45) is 0 Å². The van der Waals surface area contributed by atoms with Crippen LogP contribution in [0.4, 0.5) is 5.69 Å². The van der Waals surface area contributed by atoms with E-state index in [1.165, 1.54) is 0 Å². The smallest absolute Gasteiger partial charge is 0.224 e. The van der Waals surface area contributed by atoms with Gasteiger partial charge in [0.05, 0.1) is 14.2 Å². The highest BCUT2D eigenvalue weighted by atomic mass is 127. The van der Waals surface area contributed by atoms with E-state index in [1.807, 2.05) is 43.3 Å². The van der Waals surface area contributed by atoms with Gasteiger partial charge in [0.2, 0.25) is 5.91 Å². The van der Waals surface area contributed by atoms with Gasteiger partial charge in [-0.3, -0.25) is 4.79 Å². The third-order valence-electron chi connectivity index (χ3n) is 3.57. The van der Waals surface area contributed by atoms with E-state index >= 15 is 0 Å². The maximum atomic E-state index is 12.2. The summed E-state index contributed by atoms with van der Waals surface area (Å²) in [7, 11) is 3.25. The van der Waals surface area contributed by atoms with E-state index in [-0.39, 0.29) is 5.91 Å². The van der Waals surface area contributed by atoms with Crippen LogP contribution in [0.5, 0.6) is 11.5 Å². The number of hydrogen-bond acceptors (Lipinski definition) is 3. The van der Waals surface area contributed by atoms with Gasteiger partial charge in [-0.05, 0) is 83.5 Å². The second-order valence-corrected chi connectivity index (χ2v) is 6.43. The van der Waals surface area contributed by atoms with E-state index in [1.54, 1.807) is 14.2 Å². The van der Waals surface area contributed by atoms with Crippen molar-refractivity contribution in [3.8, 4) is 11.5 Å². The number of benzene rings is 2. The van der Waals surface area contributed by atoms with Crippen molar-refractivity contribution in [1.82, 2.24) is 0 Å². The van der Waals surface area contributed by atoms with Gasteiger partial charge in [0.25, 0.3) is 0 Å². The first kappa shape index (κ1) is 17.6. The standard InChI is InChI=1S/C18H20INO3/c1-12-10-14(19)5-7-16(12)20-18(21)9-4-13-11-15(22-2)6-8-17(13)23-3/h5-8,10-11H,4,9H2,1-3H3,(H,20,21). The Bertz CT molecular complexity index is 701. The van der Waals surface area contributed by atoms with Crippen LogP contribution in [0, 0.1) is 10.5 Å². The van der Waals surface area contributed by atoms with Gasteiger partial charge in [-0.2, -0.15) is 0 Å². The first-order valence-electron chi connectivity index (χ1n) is 7.30. The number of carbonyl (C=O) groups is 1. The summed E-state index contributed by atoms with van der Waals surface area (Å²) < 4.78 is 11.7. The zero-order valence-electron chi connectivity index (χ0n) is 13.5. The molecule has 0 aliphatic carbocycles. The lowest BCUT2D eigenvalue weighted by Crippen LogP contribution is -2.13. The quantitative estimate of drug-likeness (QED) is 0.707. The molecule has 0 atom stereocenters. The van der Waals surface area contributed by atoms with Crippen LogP contribution in [-0.4, -0.2) is 20.1 Å². The van der Waals surface area contributed by atoms with Crippen molar-refractivity contribution in [1.29, 1.82) is 0 Å². The van der Waals surface area contributed by atoms with E-state index in [0.717, 1.165) is 31.9 Å². The fourth-order valence-electron chi connectivity index (χ4n) is 2.31. The predicted octanol–water partition coefficient (Wildman–Crippen LogP) is 4.19. The Labute approximate surface area is 150 Å². The molecule has 1 N–H and O–H groups in total. The van der Waals surface area contributed by atoms with Crippen LogP contribution in [0.2, 0.25) is 0 Å². The number of anilines is 1. The molecule has 23 heavy (non-hydrogen) atoms. The fraction of sp³-hybridized carbons (Fsp3) is 0.278. The number of rotatable bonds is 6. The summed E-state index contributed by atoms with van der Waals surface area (Å²) in [5, 5.41) is 2.96. The largest absolute Gasteiger partial charge is 0.497 e. The molecule has 4 nitrogen and oxygen atoms in total. The van der Waals surface area contributed by atoms with Gasteiger partial charge >= 0.3 is 0 Å². The number of nitrogens with one attached hydrogen (secondary N) is 1. The number of ether oxygens (including phenoxy) is 2. The lowest BCUT2D eigenvalue weighted by molar-refractivity contribution is -0.116. The number of carbonyl (C=O) groups excluding carboxylic acids is 1. The summed E-state index contributed by atoms with van der Waals surface area (Å²) in [5.41, 5.74) is 2.87. The molecule has 5 heteroatoms. The summed E-state index contributed by atoms with van der Waals surface area (Å²) in [6.45, 7) is 1.99. The minimum Gasteiger partial charge on any atom is -0.497 e. The summed E-state index contributed by atoms with van der Waals surface area (Å²) in [4.78, 5) is 12.2. The van der Waals surface area contributed by atoms with E-state index in [4.69, 9.17) is 9.47 Å². The molecule has 0 bridgehead atoms. The normalized spacial score (nSPS) is 10.3. The van der Waals surface area contributed by atoms with Crippen molar-refractivity contribution < 1.29 is 14.3 Å². The highest BCUT2D eigenvalue weighted by Crippen LogP contribution is 2.25. The average molecular weight is 425 g/mol. The average Bonchev–Trinajstić information content (AvgIpc) is 2.55. The van der Waals surface area contributed by atoms with E-state index < -0.39 is 0 Å². The van der Waals surface area contributed by atoms with Gasteiger partial charge in [0.1, 0.15) is 11.5 Å². The molecule has 0 aliphatic rings. The molecule has 0 fully saturated rings. The molecule has 0 spiro atoms. The Morgan fingerprint density at radius 2 is 1.91 bits per heavy atom. The van der Waals surface area contributed by atoms with Crippen molar-refractivity contribution in [2.75, 3.05) is 19.5 Å². The van der Waals surface area contributed by atoms with Crippen LogP contribution in [0.3, 0.4) is 0 Å². The summed E-state index contributed by atoms with van der Waals surface area (Å²) in [6.07, 6.45) is 0.977.